The maximum absolute atomic E-state index is 12.0. The van der Waals surface area contributed by atoms with Gasteiger partial charge >= 0.3 is 11.9 Å². The van der Waals surface area contributed by atoms with E-state index in [4.69, 9.17) is 14.9 Å². The van der Waals surface area contributed by atoms with Crippen molar-refractivity contribution in [2.75, 3.05) is 7.11 Å². The Kier molecular flexibility index (Phi) is 5.99. The summed E-state index contributed by atoms with van der Waals surface area (Å²) in [6.45, 7) is 0. The van der Waals surface area contributed by atoms with Crippen LogP contribution >= 0.6 is 0 Å². The first-order valence-electron chi connectivity index (χ1n) is 5.30. The Balaban J connectivity index is 0.00000400. The highest BCUT2D eigenvalue weighted by atomic mass is 16.5. The number of aliphatic hydroxyl groups excluding tert-OH is 1. The average molecular weight is 302 g/mol. The molecule has 0 spiro atoms. The van der Waals surface area contributed by atoms with E-state index in [1.807, 2.05) is 0 Å². The molecule has 9 nitrogen and oxygen atoms in total. The van der Waals surface area contributed by atoms with Crippen molar-refractivity contribution in [3.05, 3.63) is 29.8 Å². The molecule has 0 fully saturated rings. The first-order chi connectivity index (χ1) is 9.25. The van der Waals surface area contributed by atoms with Gasteiger partial charge in [0, 0.05) is 5.56 Å². The highest BCUT2D eigenvalue weighted by Crippen LogP contribution is 2.21. The van der Waals surface area contributed by atoms with Gasteiger partial charge in [-0.05, 0) is 24.3 Å². The number of aliphatic hydroxyl groups is 2. The lowest BCUT2D eigenvalue weighted by Crippen LogP contribution is -2.58. The van der Waals surface area contributed by atoms with E-state index in [9.17, 15) is 24.6 Å². The van der Waals surface area contributed by atoms with E-state index in [2.05, 4.69) is 0 Å². The minimum absolute atomic E-state index is 0. The zero-order chi connectivity index (χ0) is 15.5. The highest BCUT2D eigenvalue weighted by molar-refractivity contribution is 6.17. The number of methoxy groups -OCH3 is 1. The van der Waals surface area contributed by atoms with Gasteiger partial charge in [-0.25, -0.2) is 9.59 Å². The Morgan fingerprint density at radius 2 is 1.62 bits per heavy atom. The van der Waals surface area contributed by atoms with E-state index in [1.165, 1.54) is 19.2 Å². The molecule has 0 aliphatic heterocycles. The fourth-order valence-corrected chi connectivity index (χ4v) is 1.48. The fraction of sp³-hybridized carbons (Fsp3) is 0.250. The SMILES string of the molecule is COc1ccc(C(=O)C(O)(C(=O)O)C(O)C(=O)O)cc1.O. The molecule has 9 heteroatoms. The molecule has 6 N–H and O–H groups in total. The van der Waals surface area contributed by atoms with Gasteiger partial charge in [0.25, 0.3) is 5.60 Å². The van der Waals surface area contributed by atoms with Gasteiger partial charge in [0.2, 0.25) is 5.78 Å². The second-order valence-corrected chi connectivity index (χ2v) is 3.87. The first kappa shape index (κ1) is 18.5. The second kappa shape index (κ2) is 6.79. The number of hydrogen-bond acceptors (Lipinski definition) is 6. The maximum Gasteiger partial charge on any atom is 0.347 e. The standard InChI is InChI=1S/C12H12O8.H2O/c1-20-7-4-2-6(3-5-7)8(13)12(19,11(17)18)9(14)10(15)16;/h2-5,9,14,19H,1H3,(H,15,16)(H,17,18);1H2. The van der Waals surface area contributed by atoms with Crippen LogP contribution in [-0.4, -0.2) is 62.4 Å². The third kappa shape index (κ3) is 3.34. The fourth-order valence-electron chi connectivity index (χ4n) is 1.48. The molecular formula is C12H14O9. The molecule has 1 aromatic rings. The molecule has 0 saturated carbocycles. The lowest BCUT2D eigenvalue weighted by Gasteiger charge is -2.24. The van der Waals surface area contributed by atoms with Crippen LogP contribution in [0.4, 0.5) is 0 Å². The zero-order valence-electron chi connectivity index (χ0n) is 10.8. The van der Waals surface area contributed by atoms with Crippen molar-refractivity contribution >= 4 is 17.7 Å². The van der Waals surface area contributed by atoms with Gasteiger partial charge in [-0.3, -0.25) is 4.79 Å². The van der Waals surface area contributed by atoms with Crippen molar-refractivity contribution < 1.29 is 45.0 Å². The lowest BCUT2D eigenvalue weighted by atomic mass is 9.87. The van der Waals surface area contributed by atoms with Crippen LogP contribution in [0.1, 0.15) is 10.4 Å². The Morgan fingerprint density at radius 1 is 1.14 bits per heavy atom. The van der Waals surface area contributed by atoms with E-state index in [0.717, 1.165) is 12.1 Å². The molecule has 0 aromatic heterocycles. The molecule has 0 saturated heterocycles. The summed E-state index contributed by atoms with van der Waals surface area (Å²) in [6, 6.07) is 4.93. The number of aliphatic carboxylic acids is 2. The predicted octanol–water partition coefficient (Wildman–Crippen LogP) is -1.69. The van der Waals surface area contributed by atoms with Crippen molar-refractivity contribution in [1.29, 1.82) is 0 Å². The number of hydrogen-bond donors (Lipinski definition) is 4. The number of carbonyl (C=O) groups excluding carboxylic acids is 1. The third-order valence-electron chi connectivity index (χ3n) is 2.65. The van der Waals surface area contributed by atoms with Crippen LogP contribution in [0.25, 0.3) is 0 Å². The summed E-state index contributed by atoms with van der Waals surface area (Å²) in [5, 5.41) is 36.5. The van der Waals surface area contributed by atoms with Crippen molar-refractivity contribution in [2.24, 2.45) is 0 Å². The summed E-state index contributed by atoms with van der Waals surface area (Å²) in [4.78, 5) is 33.6. The third-order valence-corrected chi connectivity index (χ3v) is 2.65. The second-order valence-electron chi connectivity index (χ2n) is 3.87. The number of ketones is 1. The number of rotatable bonds is 6. The minimum atomic E-state index is -3.47. The number of benzene rings is 1. The lowest BCUT2D eigenvalue weighted by molar-refractivity contribution is -0.175. The molecule has 116 valence electrons. The van der Waals surface area contributed by atoms with Gasteiger partial charge < -0.3 is 30.6 Å². The number of ether oxygens (including phenoxy) is 1. The molecule has 2 atom stereocenters. The monoisotopic (exact) mass is 302 g/mol. The summed E-state index contributed by atoms with van der Waals surface area (Å²) < 4.78 is 4.83. The molecule has 0 amide bonds. The molecular weight excluding hydrogens is 288 g/mol. The Morgan fingerprint density at radius 3 is 1.95 bits per heavy atom. The summed E-state index contributed by atoms with van der Waals surface area (Å²) >= 11 is 0. The average Bonchev–Trinajstić information content (AvgIpc) is 2.44. The van der Waals surface area contributed by atoms with E-state index in [1.54, 1.807) is 0 Å². The summed E-state index contributed by atoms with van der Waals surface area (Å²) in [5.74, 6) is -5.26. The van der Waals surface area contributed by atoms with Crippen LogP contribution < -0.4 is 4.74 Å². The van der Waals surface area contributed by atoms with Crippen molar-refractivity contribution in [1.82, 2.24) is 0 Å². The van der Waals surface area contributed by atoms with E-state index in [-0.39, 0.29) is 11.0 Å². The summed E-state index contributed by atoms with van der Waals surface area (Å²) in [6.07, 6.45) is -2.80. The first-order valence-corrected chi connectivity index (χ1v) is 5.30. The summed E-state index contributed by atoms with van der Waals surface area (Å²) in [7, 11) is 1.37. The van der Waals surface area contributed by atoms with Crippen LogP contribution in [-0.2, 0) is 9.59 Å². The van der Waals surface area contributed by atoms with Gasteiger partial charge in [-0.15, -0.1) is 0 Å². The molecule has 0 aliphatic carbocycles. The number of carboxylic acids is 2. The minimum Gasteiger partial charge on any atom is -0.497 e. The van der Waals surface area contributed by atoms with E-state index >= 15 is 0 Å². The Hall–Kier alpha value is -2.49. The maximum atomic E-state index is 12.0. The normalized spacial score (nSPS) is 14.2. The van der Waals surface area contributed by atoms with Crippen LogP contribution in [0, 0.1) is 0 Å². The molecule has 0 aliphatic rings. The Labute approximate surface area is 118 Å². The van der Waals surface area contributed by atoms with Gasteiger partial charge in [0.05, 0.1) is 7.11 Å². The number of Topliss-reactive ketones (excluding diaryl/α,β-unsaturated/α-hetero) is 1. The quantitative estimate of drug-likeness (QED) is 0.356. The topological polar surface area (TPSA) is 173 Å². The predicted molar refractivity (Wildman–Crippen MR) is 67.2 cm³/mol. The van der Waals surface area contributed by atoms with Crippen LogP contribution in [0.2, 0.25) is 0 Å². The van der Waals surface area contributed by atoms with Gasteiger partial charge in [0.15, 0.2) is 6.10 Å². The van der Waals surface area contributed by atoms with Crippen molar-refractivity contribution in [2.45, 2.75) is 11.7 Å². The van der Waals surface area contributed by atoms with Gasteiger partial charge in [-0.1, -0.05) is 0 Å². The largest absolute Gasteiger partial charge is 0.497 e. The molecule has 0 heterocycles. The molecule has 1 rings (SSSR count). The molecule has 2 unspecified atom stereocenters. The molecule has 21 heavy (non-hydrogen) atoms. The highest BCUT2D eigenvalue weighted by Gasteiger charge is 2.54. The summed E-state index contributed by atoms with van der Waals surface area (Å²) in [5.41, 5.74) is -3.75. The van der Waals surface area contributed by atoms with Gasteiger partial charge in [0.1, 0.15) is 5.75 Å². The van der Waals surface area contributed by atoms with Crippen LogP contribution in [0.5, 0.6) is 5.75 Å². The number of carbonyl (C=O) groups is 3. The van der Waals surface area contributed by atoms with Crippen LogP contribution in [0.15, 0.2) is 24.3 Å². The molecule has 1 aromatic carbocycles. The number of carboxylic acid groups (broad SMARTS) is 2. The van der Waals surface area contributed by atoms with Crippen molar-refractivity contribution in [3.63, 3.8) is 0 Å². The van der Waals surface area contributed by atoms with Crippen LogP contribution in [0.3, 0.4) is 0 Å². The molecule has 0 bridgehead atoms. The smallest absolute Gasteiger partial charge is 0.347 e. The Bertz CT molecular complexity index is 536. The molecule has 0 radical (unpaired) electrons. The van der Waals surface area contributed by atoms with E-state index in [0.29, 0.717) is 5.75 Å². The zero-order valence-corrected chi connectivity index (χ0v) is 10.8. The van der Waals surface area contributed by atoms with E-state index < -0.39 is 29.4 Å². The van der Waals surface area contributed by atoms with Gasteiger partial charge in [-0.2, -0.15) is 0 Å². The van der Waals surface area contributed by atoms with Crippen molar-refractivity contribution in [3.8, 4) is 5.75 Å².